The van der Waals surface area contributed by atoms with E-state index in [1.807, 2.05) is 54.6 Å². The molecule has 7 heteroatoms. The molecule has 0 spiro atoms. The summed E-state index contributed by atoms with van der Waals surface area (Å²) >= 11 is 0. The van der Waals surface area contributed by atoms with E-state index >= 15 is 0 Å². The Balaban J connectivity index is 1.41. The highest BCUT2D eigenvalue weighted by Crippen LogP contribution is 2.21. The molecule has 144 valence electrons. The summed E-state index contributed by atoms with van der Waals surface area (Å²) in [6, 6.07) is 17.2. The largest absolute Gasteiger partial charge is 0.497 e. The molecular formula is C22H19N5O2. The number of ether oxygens (including phenoxy) is 1. The van der Waals surface area contributed by atoms with Crippen LogP contribution in [0.15, 0.2) is 73.2 Å². The fraction of sp³-hybridized carbons (Fsp3) is 0.0909. The Morgan fingerprint density at radius 3 is 2.55 bits per heavy atom. The normalized spacial score (nSPS) is 10.5. The van der Waals surface area contributed by atoms with Crippen molar-refractivity contribution in [3.8, 4) is 5.75 Å². The Morgan fingerprint density at radius 2 is 1.79 bits per heavy atom. The minimum atomic E-state index is -0.336. The summed E-state index contributed by atoms with van der Waals surface area (Å²) < 4.78 is 5.15. The molecule has 0 aliphatic rings. The van der Waals surface area contributed by atoms with Crippen LogP contribution in [0.3, 0.4) is 0 Å². The number of carbonyl (C=O) groups is 1. The molecule has 2 N–H and O–H groups in total. The Labute approximate surface area is 167 Å². The Bertz CT molecular complexity index is 1120. The van der Waals surface area contributed by atoms with Crippen LogP contribution in [-0.4, -0.2) is 28.0 Å². The summed E-state index contributed by atoms with van der Waals surface area (Å²) in [4.78, 5) is 25.4. The lowest BCUT2D eigenvalue weighted by molar-refractivity contribution is 0.102. The summed E-state index contributed by atoms with van der Waals surface area (Å²) in [5.41, 5.74) is 2.68. The average Bonchev–Trinajstić information content (AvgIpc) is 2.78. The summed E-state index contributed by atoms with van der Waals surface area (Å²) in [7, 11) is 1.64. The molecule has 2 heterocycles. The van der Waals surface area contributed by atoms with Gasteiger partial charge in [-0.05, 0) is 29.8 Å². The second-order valence-corrected chi connectivity index (χ2v) is 6.32. The molecule has 2 aromatic carbocycles. The van der Waals surface area contributed by atoms with E-state index in [2.05, 4.69) is 25.6 Å². The van der Waals surface area contributed by atoms with E-state index in [0.717, 1.165) is 22.2 Å². The first-order valence-electron chi connectivity index (χ1n) is 9.07. The number of aromatic nitrogens is 3. The summed E-state index contributed by atoms with van der Waals surface area (Å²) in [6.45, 7) is 0.589. The van der Waals surface area contributed by atoms with Crippen LogP contribution >= 0.6 is 0 Å². The number of rotatable bonds is 6. The lowest BCUT2D eigenvalue weighted by Gasteiger charge is -2.09. The number of methoxy groups -OCH3 is 1. The molecule has 0 saturated carbocycles. The van der Waals surface area contributed by atoms with Crippen molar-refractivity contribution in [1.29, 1.82) is 0 Å². The highest BCUT2D eigenvalue weighted by Gasteiger charge is 2.11. The van der Waals surface area contributed by atoms with Crippen molar-refractivity contribution < 1.29 is 9.53 Å². The minimum absolute atomic E-state index is 0.230. The lowest BCUT2D eigenvalue weighted by atomic mass is 10.2. The zero-order valence-electron chi connectivity index (χ0n) is 15.8. The number of hydrogen-bond acceptors (Lipinski definition) is 6. The predicted octanol–water partition coefficient (Wildman–Crippen LogP) is 3.90. The fourth-order valence-corrected chi connectivity index (χ4v) is 2.86. The fourth-order valence-electron chi connectivity index (χ4n) is 2.86. The van der Waals surface area contributed by atoms with Gasteiger partial charge in [0.1, 0.15) is 17.3 Å². The average molecular weight is 385 g/mol. The quantitative estimate of drug-likeness (QED) is 0.523. The molecule has 0 aliphatic heterocycles. The predicted molar refractivity (Wildman–Crippen MR) is 112 cm³/mol. The molecule has 1 amide bonds. The minimum Gasteiger partial charge on any atom is -0.497 e. The highest BCUT2D eigenvalue weighted by molar-refractivity contribution is 6.07. The third-order valence-electron chi connectivity index (χ3n) is 4.40. The van der Waals surface area contributed by atoms with Gasteiger partial charge >= 0.3 is 0 Å². The van der Waals surface area contributed by atoms with E-state index in [1.165, 1.54) is 6.20 Å². The highest BCUT2D eigenvalue weighted by atomic mass is 16.5. The van der Waals surface area contributed by atoms with Crippen molar-refractivity contribution in [3.63, 3.8) is 0 Å². The van der Waals surface area contributed by atoms with Crippen LogP contribution in [0.4, 0.5) is 11.5 Å². The van der Waals surface area contributed by atoms with Crippen LogP contribution in [0.1, 0.15) is 16.1 Å². The molecule has 0 bridgehead atoms. The van der Waals surface area contributed by atoms with Crippen molar-refractivity contribution >= 4 is 28.3 Å². The molecule has 4 aromatic rings. The number of fused-ring (bicyclic) bond motifs is 1. The van der Waals surface area contributed by atoms with E-state index in [0.29, 0.717) is 18.1 Å². The SMILES string of the molecule is COc1ccc(CNc2cnc(C(=O)Nc3cccc4cccnc34)cn2)cc1. The molecule has 0 aliphatic carbocycles. The van der Waals surface area contributed by atoms with Gasteiger partial charge in [-0.1, -0.05) is 30.3 Å². The van der Waals surface area contributed by atoms with Crippen LogP contribution in [0.25, 0.3) is 10.9 Å². The number of benzene rings is 2. The van der Waals surface area contributed by atoms with E-state index in [-0.39, 0.29) is 11.6 Å². The number of amides is 1. The standard InChI is InChI=1S/C22H19N5O2/c1-29-17-9-7-15(8-10-17)12-25-20-14-24-19(13-26-20)22(28)27-18-6-2-4-16-5-3-11-23-21(16)18/h2-11,13-14H,12H2,1H3,(H,25,26)(H,27,28). The smallest absolute Gasteiger partial charge is 0.275 e. The van der Waals surface area contributed by atoms with Gasteiger partial charge in [0.15, 0.2) is 0 Å². The maximum atomic E-state index is 12.5. The number of nitrogens with zero attached hydrogens (tertiary/aromatic N) is 3. The summed E-state index contributed by atoms with van der Waals surface area (Å²) in [5, 5.41) is 6.99. The molecule has 4 rings (SSSR count). The molecule has 0 unspecified atom stereocenters. The second kappa shape index (κ2) is 8.35. The molecule has 0 saturated heterocycles. The van der Waals surface area contributed by atoms with Crippen molar-refractivity contribution in [3.05, 3.63) is 84.4 Å². The Morgan fingerprint density at radius 1 is 0.966 bits per heavy atom. The number of anilines is 2. The lowest BCUT2D eigenvalue weighted by Crippen LogP contribution is -2.15. The van der Waals surface area contributed by atoms with Crippen LogP contribution in [0.5, 0.6) is 5.75 Å². The van der Waals surface area contributed by atoms with Gasteiger partial charge in [0.25, 0.3) is 5.91 Å². The van der Waals surface area contributed by atoms with E-state index in [9.17, 15) is 4.79 Å². The van der Waals surface area contributed by atoms with E-state index in [4.69, 9.17) is 4.74 Å². The monoisotopic (exact) mass is 385 g/mol. The van der Waals surface area contributed by atoms with Gasteiger partial charge in [-0.2, -0.15) is 0 Å². The van der Waals surface area contributed by atoms with Gasteiger partial charge in [-0.15, -0.1) is 0 Å². The van der Waals surface area contributed by atoms with E-state index in [1.54, 1.807) is 19.5 Å². The zero-order chi connectivity index (χ0) is 20.1. The summed E-state index contributed by atoms with van der Waals surface area (Å²) in [5.74, 6) is 1.06. The number of pyridine rings is 1. The van der Waals surface area contributed by atoms with Gasteiger partial charge in [0.05, 0.1) is 30.7 Å². The first-order valence-corrected chi connectivity index (χ1v) is 9.07. The van der Waals surface area contributed by atoms with Crippen LogP contribution in [-0.2, 0) is 6.54 Å². The van der Waals surface area contributed by atoms with Gasteiger partial charge in [0, 0.05) is 18.1 Å². The van der Waals surface area contributed by atoms with Gasteiger partial charge in [-0.3, -0.25) is 9.78 Å². The maximum Gasteiger partial charge on any atom is 0.275 e. The first-order chi connectivity index (χ1) is 14.2. The molecule has 0 atom stereocenters. The number of hydrogen-bond donors (Lipinski definition) is 2. The number of carbonyl (C=O) groups excluding carboxylic acids is 1. The molecule has 29 heavy (non-hydrogen) atoms. The van der Waals surface area contributed by atoms with Crippen LogP contribution in [0.2, 0.25) is 0 Å². The first kappa shape index (κ1) is 18.4. The third-order valence-corrected chi connectivity index (χ3v) is 4.40. The molecule has 2 aromatic heterocycles. The molecule has 0 fully saturated rings. The molecular weight excluding hydrogens is 366 g/mol. The van der Waals surface area contributed by atoms with Gasteiger partial charge in [-0.25, -0.2) is 9.97 Å². The maximum absolute atomic E-state index is 12.5. The Kier molecular flexibility index (Phi) is 5.29. The van der Waals surface area contributed by atoms with Crippen molar-refractivity contribution in [2.45, 2.75) is 6.54 Å². The number of nitrogens with one attached hydrogen (secondary N) is 2. The summed E-state index contributed by atoms with van der Waals surface area (Å²) in [6.07, 6.45) is 4.69. The van der Waals surface area contributed by atoms with Crippen LogP contribution in [0, 0.1) is 0 Å². The van der Waals surface area contributed by atoms with Crippen molar-refractivity contribution in [1.82, 2.24) is 15.0 Å². The molecule has 0 radical (unpaired) electrons. The zero-order valence-corrected chi connectivity index (χ0v) is 15.8. The second-order valence-electron chi connectivity index (χ2n) is 6.32. The van der Waals surface area contributed by atoms with Crippen molar-refractivity contribution in [2.24, 2.45) is 0 Å². The Hall–Kier alpha value is -4.00. The van der Waals surface area contributed by atoms with Crippen LogP contribution < -0.4 is 15.4 Å². The van der Waals surface area contributed by atoms with Gasteiger partial charge in [0.2, 0.25) is 0 Å². The molecule has 7 nitrogen and oxygen atoms in total. The van der Waals surface area contributed by atoms with Gasteiger partial charge < -0.3 is 15.4 Å². The topological polar surface area (TPSA) is 89.0 Å². The van der Waals surface area contributed by atoms with Crippen molar-refractivity contribution in [2.75, 3.05) is 17.7 Å². The third kappa shape index (κ3) is 4.30. The van der Waals surface area contributed by atoms with E-state index < -0.39 is 0 Å². The number of para-hydroxylation sites is 1.